The van der Waals surface area contributed by atoms with Gasteiger partial charge >= 0.3 is 5.97 Å². The topological polar surface area (TPSA) is 107 Å². The van der Waals surface area contributed by atoms with E-state index in [9.17, 15) is 18.0 Å². The lowest BCUT2D eigenvalue weighted by Crippen LogP contribution is -2.30. The van der Waals surface area contributed by atoms with Gasteiger partial charge < -0.3 is 10.1 Å². The van der Waals surface area contributed by atoms with Crippen LogP contribution in [0.5, 0.6) is 0 Å². The van der Waals surface area contributed by atoms with E-state index in [1.807, 2.05) is 0 Å². The first kappa shape index (κ1) is 18.9. The summed E-state index contributed by atoms with van der Waals surface area (Å²) >= 11 is 6.32. The van der Waals surface area contributed by atoms with Gasteiger partial charge in [0.1, 0.15) is 5.15 Å². The molecule has 2 fully saturated rings. The summed E-state index contributed by atoms with van der Waals surface area (Å²) in [6.45, 7) is 1.39. The molecule has 0 bridgehead atoms. The number of hydrogen-bond donors (Lipinski definition) is 1. The Morgan fingerprint density at radius 3 is 2.73 bits per heavy atom. The summed E-state index contributed by atoms with van der Waals surface area (Å²) in [4.78, 5) is 23.2. The summed E-state index contributed by atoms with van der Waals surface area (Å²) in [5.41, 5.74) is 1.10. The number of nitrogens with zero attached hydrogens (tertiary/aromatic N) is 2. The Morgan fingerprint density at radius 2 is 2.12 bits per heavy atom. The number of amides is 1. The molecule has 0 aromatic carbocycles. The number of nitrogens with one attached hydrogen (secondary N) is 1. The Labute approximate surface area is 156 Å². The van der Waals surface area contributed by atoms with Crippen LogP contribution < -0.4 is 5.32 Å². The highest BCUT2D eigenvalue weighted by atomic mass is 35.5. The average Bonchev–Trinajstić information content (AvgIpc) is 3.24. The van der Waals surface area contributed by atoms with Gasteiger partial charge in [-0.2, -0.15) is 5.10 Å². The van der Waals surface area contributed by atoms with Crippen LogP contribution in [0.3, 0.4) is 0 Å². The minimum absolute atomic E-state index is 0.00907. The standard InChI is InChI=1S/C16H20ClN3O5S/c1-10-13(4-5-15(22)25-8-14(21)18-11-2-3-11)16(17)20(19-10)12-6-7-26(23,24)9-12/h4-5,11-12H,2-3,6-9H2,1H3,(H,18,21)/b5-4+/t12-/m0/s1. The van der Waals surface area contributed by atoms with E-state index in [4.69, 9.17) is 16.3 Å². The SMILES string of the molecule is Cc1nn([C@H]2CCS(=O)(=O)C2)c(Cl)c1/C=C/C(=O)OCC(=O)NC1CC1. The van der Waals surface area contributed by atoms with Gasteiger partial charge in [-0.3, -0.25) is 4.79 Å². The van der Waals surface area contributed by atoms with Gasteiger partial charge in [0.05, 0.1) is 23.2 Å². The second-order valence-corrected chi connectivity index (χ2v) is 9.16. The molecule has 0 unspecified atom stereocenters. The summed E-state index contributed by atoms with van der Waals surface area (Å²) in [5, 5.41) is 7.30. The number of halogens is 1. The molecule has 2 aliphatic rings. The Hall–Kier alpha value is -1.87. The van der Waals surface area contributed by atoms with Crippen LogP contribution >= 0.6 is 11.6 Å². The number of hydrogen-bond acceptors (Lipinski definition) is 6. The fourth-order valence-electron chi connectivity index (χ4n) is 2.76. The van der Waals surface area contributed by atoms with Crippen molar-refractivity contribution in [3.8, 4) is 0 Å². The summed E-state index contributed by atoms with van der Waals surface area (Å²) < 4.78 is 29.7. The monoisotopic (exact) mass is 401 g/mol. The summed E-state index contributed by atoms with van der Waals surface area (Å²) in [5.74, 6) is -0.857. The lowest BCUT2D eigenvalue weighted by atomic mass is 10.2. The Bertz CT molecular complexity index is 857. The number of carbonyl (C=O) groups excluding carboxylic acids is 2. The molecule has 1 aliphatic carbocycles. The predicted octanol–water partition coefficient (Wildman–Crippen LogP) is 1.04. The zero-order valence-corrected chi connectivity index (χ0v) is 15.8. The average molecular weight is 402 g/mol. The van der Waals surface area contributed by atoms with Crippen molar-refractivity contribution in [3.63, 3.8) is 0 Å². The van der Waals surface area contributed by atoms with Gasteiger partial charge in [0.2, 0.25) is 0 Å². The van der Waals surface area contributed by atoms with Crippen LogP contribution in [0.4, 0.5) is 0 Å². The smallest absolute Gasteiger partial charge is 0.331 e. The van der Waals surface area contributed by atoms with Crippen molar-refractivity contribution in [2.24, 2.45) is 0 Å². The van der Waals surface area contributed by atoms with Crippen molar-refractivity contribution in [2.45, 2.75) is 38.3 Å². The van der Waals surface area contributed by atoms with E-state index in [0.29, 0.717) is 17.7 Å². The number of rotatable bonds is 6. The van der Waals surface area contributed by atoms with Crippen molar-refractivity contribution in [1.29, 1.82) is 0 Å². The fraction of sp³-hybridized carbons (Fsp3) is 0.562. The van der Waals surface area contributed by atoms with E-state index in [1.165, 1.54) is 16.8 Å². The molecular formula is C16H20ClN3O5S. The van der Waals surface area contributed by atoms with Gasteiger partial charge in [0.25, 0.3) is 5.91 Å². The van der Waals surface area contributed by atoms with E-state index < -0.39 is 15.8 Å². The zero-order chi connectivity index (χ0) is 18.9. The number of ether oxygens (including phenoxy) is 1. The van der Waals surface area contributed by atoms with Crippen LogP contribution in [0.2, 0.25) is 5.15 Å². The van der Waals surface area contributed by atoms with E-state index in [-0.39, 0.29) is 41.3 Å². The third-order valence-electron chi connectivity index (χ3n) is 4.30. The molecule has 1 atom stereocenters. The summed E-state index contributed by atoms with van der Waals surface area (Å²) in [6.07, 6.45) is 5.03. The molecule has 1 aromatic heterocycles. The molecule has 1 aliphatic heterocycles. The normalized spacial score (nSPS) is 21.8. The fourth-order valence-corrected chi connectivity index (χ4v) is 4.83. The lowest BCUT2D eigenvalue weighted by Gasteiger charge is -2.09. The number of sulfone groups is 1. The number of aryl methyl sites for hydroxylation is 1. The summed E-state index contributed by atoms with van der Waals surface area (Å²) in [7, 11) is -3.06. The van der Waals surface area contributed by atoms with Crippen LogP contribution in [0.1, 0.15) is 36.6 Å². The maximum absolute atomic E-state index is 11.8. The molecule has 0 spiro atoms. The molecule has 10 heteroatoms. The summed E-state index contributed by atoms with van der Waals surface area (Å²) in [6, 6.07) is -0.0881. The molecule has 1 N–H and O–H groups in total. The van der Waals surface area contributed by atoms with Gasteiger partial charge in [0.15, 0.2) is 16.4 Å². The predicted molar refractivity (Wildman–Crippen MR) is 95.4 cm³/mol. The Balaban J connectivity index is 1.61. The lowest BCUT2D eigenvalue weighted by molar-refractivity contribution is -0.143. The maximum Gasteiger partial charge on any atom is 0.331 e. The van der Waals surface area contributed by atoms with Crippen LogP contribution in [-0.4, -0.2) is 54.2 Å². The van der Waals surface area contributed by atoms with Crippen LogP contribution in [0.25, 0.3) is 6.08 Å². The van der Waals surface area contributed by atoms with Crippen molar-refractivity contribution in [3.05, 3.63) is 22.5 Å². The van der Waals surface area contributed by atoms with E-state index in [1.54, 1.807) is 6.92 Å². The molecule has 2 heterocycles. The highest BCUT2D eigenvalue weighted by molar-refractivity contribution is 7.91. The van der Waals surface area contributed by atoms with Gasteiger partial charge in [-0.05, 0) is 32.3 Å². The van der Waals surface area contributed by atoms with Crippen molar-refractivity contribution >= 4 is 39.4 Å². The first-order valence-corrected chi connectivity index (χ1v) is 10.5. The number of esters is 1. The van der Waals surface area contributed by atoms with Gasteiger partial charge in [-0.15, -0.1) is 0 Å². The van der Waals surface area contributed by atoms with Crippen molar-refractivity contribution < 1.29 is 22.7 Å². The van der Waals surface area contributed by atoms with Crippen LogP contribution in [0.15, 0.2) is 6.08 Å². The zero-order valence-electron chi connectivity index (χ0n) is 14.3. The maximum atomic E-state index is 11.8. The molecule has 3 rings (SSSR count). The molecule has 142 valence electrons. The van der Waals surface area contributed by atoms with Gasteiger partial charge in [0, 0.05) is 17.7 Å². The quantitative estimate of drug-likeness (QED) is 0.563. The molecular weight excluding hydrogens is 382 g/mol. The first-order valence-electron chi connectivity index (χ1n) is 8.34. The van der Waals surface area contributed by atoms with E-state index in [0.717, 1.165) is 12.8 Å². The van der Waals surface area contributed by atoms with Crippen LogP contribution in [0, 0.1) is 6.92 Å². The third kappa shape index (κ3) is 4.64. The third-order valence-corrected chi connectivity index (χ3v) is 6.43. The molecule has 1 amide bonds. The Morgan fingerprint density at radius 1 is 1.38 bits per heavy atom. The molecule has 1 saturated carbocycles. The highest BCUT2D eigenvalue weighted by Gasteiger charge is 2.31. The molecule has 0 radical (unpaired) electrons. The first-order chi connectivity index (χ1) is 12.2. The van der Waals surface area contributed by atoms with Gasteiger partial charge in [-0.1, -0.05) is 11.6 Å². The minimum atomic E-state index is -3.06. The largest absolute Gasteiger partial charge is 0.452 e. The van der Waals surface area contributed by atoms with Crippen LogP contribution in [-0.2, 0) is 24.2 Å². The van der Waals surface area contributed by atoms with Gasteiger partial charge in [-0.25, -0.2) is 17.9 Å². The second kappa shape index (κ2) is 7.40. The second-order valence-electron chi connectivity index (χ2n) is 6.57. The molecule has 1 saturated heterocycles. The Kier molecular flexibility index (Phi) is 5.38. The van der Waals surface area contributed by atoms with E-state index >= 15 is 0 Å². The van der Waals surface area contributed by atoms with Crippen molar-refractivity contribution in [1.82, 2.24) is 15.1 Å². The minimum Gasteiger partial charge on any atom is -0.452 e. The molecule has 26 heavy (non-hydrogen) atoms. The number of carbonyl (C=O) groups is 2. The van der Waals surface area contributed by atoms with Crippen molar-refractivity contribution in [2.75, 3.05) is 18.1 Å². The highest BCUT2D eigenvalue weighted by Crippen LogP contribution is 2.30. The van der Waals surface area contributed by atoms with E-state index in [2.05, 4.69) is 10.4 Å². The number of aromatic nitrogens is 2. The molecule has 1 aromatic rings. The molecule has 8 nitrogen and oxygen atoms in total.